The molecule has 0 radical (unpaired) electrons. The van der Waals surface area contributed by atoms with Crippen molar-refractivity contribution in [1.82, 2.24) is 19.8 Å². The number of carbonyl (C=O) groups is 2. The van der Waals surface area contributed by atoms with Gasteiger partial charge in [0.2, 0.25) is 5.95 Å². The molecule has 0 spiro atoms. The molecule has 3 N–H and O–H groups in total. The second-order valence-corrected chi connectivity index (χ2v) is 11.1. The molecule has 6 rings (SSSR count). The van der Waals surface area contributed by atoms with Gasteiger partial charge in [0.15, 0.2) is 0 Å². The highest BCUT2D eigenvalue weighted by Crippen LogP contribution is 2.36. The lowest BCUT2D eigenvalue weighted by Gasteiger charge is -2.43. The van der Waals surface area contributed by atoms with Gasteiger partial charge in [-0.2, -0.15) is 0 Å². The molecule has 10 nitrogen and oxygen atoms in total. The van der Waals surface area contributed by atoms with Gasteiger partial charge in [0.1, 0.15) is 18.2 Å². The number of anilines is 1. The van der Waals surface area contributed by atoms with Crippen LogP contribution in [0.25, 0.3) is 22.2 Å². The molecular formula is C31H34FN5O5. The van der Waals surface area contributed by atoms with Crippen LogP contribution < -0.4 is 10.1 Å². The Morgan fingerprint density at radius 2 is 2.07 bits per heavy atom. The normalized spacial score (nSPS) is 22.2. The number of allylic oxidation sites excluding steroid dienone is 3. The average Bonchev–Trinajstić information content (AvgIpc) is 3.25. The summed E-state index contributed by atoms with van der Waals surface area (Å²) in [5, 5.41) is 13.0. The molecule has 2 aromatic carbocycles. The second-order valence-electron chi connectivity index (χ2n) is 11.1. The summed E-state index contributed by atoms with van der Waals surface area (Å²) in [5.74, 6) is 0.761. The van der Waals surface area contributed by atoms with Gasteiger partial charge in [0.05, 0.1) is 37.3 Å². The fourth-order valence-electron chi connectivity index (χ4n) is 6.14. The summed E-state index contributed by atoms with van der Waals surface area (Å²) in [5.41, 5.74) is 5.23. The number of nitrogens with one attached hydrogen (secondary N) is 2. The maximum atomic E-state index is 14.0. The summed E-state index contributed by atoms with van der Waals surface area (Å²) < 4.78 is 24.5. The summed E-state index contributed by atoms with van der Waals surface area (Å²) in [6.07, 6.45) is 5.20. The Bertz CT molecular complexity index is 1580. The number of aromatic nitrogens is 2. The van der Waals surface area contributed by atoms with E-state index in [4.69, 9.17) is 4.74 Å². The van der Waals surface area contributed by atoms with Crippen molar-refractivity contribution < 1.29 is 28.6 Å². The quantitative estimate of drug-likeness (QED) is 0.391. The van der Waals surface area contributed by atoms with Crippen LogP contribution in [0.2, 0.25) is 0 Å². The Morgan fingerprint density at radius 3 is 2.86 bits per heavy atom. The number of aryl methyl sites for hydroxylation is 1. The van der Waals surface area contributed by atoms with Crippen molar-refractivity contribution in [2.45, 2.75) is 44.9 Å². The fourth-order valence-corrected chi connectivity index (χ4v) is 6.14. The molecule has 3 amide bonds. The van der Waals surface area contributed by atoms with Crippen LogP contribution in [0.15, 0.2) is 54.4 Å². The first kappa shape index (κ1) is 27.8. The summed E-state index contributed by atoms with van der Waals surface area (Å²) in [7, 11) is 1.29. The van der Waals surface area contributed by atoms with E-state index in [1.54, 1.807) is 6.08 Å². The van der Waals surface area contributed by atoms with Crippen molar-refractivity contribution in [1.29, 1.82) is 0 Å². The van der Waals surface area contributed by atoms with E-state index in [1.807, 2.05) is 47.1 Å². The van der Waals surface area contributed by atoms with Gasteiger partial charge in [-0.1, -0.05) is 12.1 Å². The van der Waals surface area contributed by atoms with Crippen molar-refractivity contribution >= 4 is 29.1 Å². The summed E-state index contributed by atoms with van der Waals surface area (Å²) >= 11 is 0. The number of rotatable bonds is 3. The molecule has 3 atom stereocenters. The highest BCUT2D eigenvalue weighted by atomic mass is 19.1. The topological polar surface area (TPSA) is 120 Å². The molecule has 3 heterocycles. The SMILES string of the molecule is COC(=O)Nc1nc2ccc(-c3cc(C)c4c(c3)CN(C(=O)N3CC[C@H](O)C[C@@H]3C3C=CC(F)=CC3)CCO4)cc2[nH]1. The minimum absolute atomic E-state index is 0.0477. The van der Waals surface area contributed by atoms with Crippen molar-refractivity contribution in [3.63, 3.8) is 0 Å². The molecule has 1 unspecified atom stereocenters. The molecule has 1 saturated heterocycles. The van der Waals surface area contributed by atoms with Gasteiger partial charge in [0, 0.05) is 24.1 Å². The van der Waals surface area contributed by atoms with Crippen LogP contribution in [0.4, 0.5) is 19.9 Å². The Morgan fingerprint density at radius 1 is 1.21 bits per heavy atom. The van der Waals surface area contributed by atoms with Crippen LogP contribution in [0.1, 0.15) is 30.4 Å². The number of halogens is 1. The summed E-state index contributed by atoms with van der Waals surface area (Å²) in [4.78, 5) is 36.7. The third-order valence-electron chi connectivity index (χ3n) is 8.26. The minimum Gasteiger partial charge on any atom is -0.491 e. The molecule has 11 heteroatoms. The zero-order chi connectivity index (χ0) is 29.4. The predicted octanol–water partition coefficient (Wildman–Crippen LogP) is 5.29. The van der Waals surface area contributed by atoms with Gasteiger partial charge < -0.3 is 29.4 Å². The number of nitrogens with zero attached hydrogens (tertiary/aromatic N) is 3. The van der Waals surface area contributed by atoms with Crippen LogP contribution in [0.5, 0.6) is 5.75 Å². The number of urea groups is 1. The lowest BCUT2D eigenvalue weighted by atomic mass is 9.85. The van der Waals surface area contributed by atoms with Crippen LogP contribution in [-0.4, -0.2) is 76.0 Å². The van der Waals surface area contributed by atoms with E-state index in [2.05, 4.69) is 26.1 Å². The number of likely N-dealkylation sites (tertiary alicyclic amines) is 1. The van der Waals surface area contributed by atoms with E-state index in [-0.39, 0.29) is 23.8 Å². The van der Waals surface area contributed by atoms with Crippen molar-refractivity contribution in [3.05, 3.63) is 65.5 Å². The average molecular weight is 576 g/mol. The molecule has 220 valence electrons. The number of hydrogen-bond acceptors (Lipinski definition) is 6. The van der Waals surface area contributed by atoms with Gasteiger partial charge in [0.25, 0.3) is 0 Å². The highest BCUT2D eigenvalue weighted by molar-refractivity contribution is 5.88. The fraction of sp³-hybridized carbons (Fsp3) is 0.387. The Labute approximate surface area is 242 Å². The Hall–Kier alpha value is -4.38. The number of ether oxygens (including phenoxy) is 2. The molecule has 1 aromatic heterocycles. The number of benzene rings is 2. The molecule has 2 aliphatic heterocycles. The number of imidazole rings is 1. The number of H-pyrrole nitrogens is 1. The number of hydrogen-bond donors (Lipinski definition) is 3. The Kier molecular flexibility index (Phi) is 7.59. The molecule has 1 fully saturated rings. The van der Waals surface area contributed by atoms with Crippen LogP contribution in [0, 0.1) is 12.8 Å². The summed E-state index contributed by atoms with van der Waals surface area (Å²) in [6.45, 7) is 3.62. The van der Waals surface area contributed by atoms with Gasteiger partial charge in [-0.3, -0.25) is 5.32 Å². The van der Waals surface area contributed by atoms with E-state index in [9.17, 15) is 19.1 Å². The van der Waals surface area contributed by atoms with E-state index in [0.717, 1.165) is 33.5 Å². The van der Waals surface area contributed by atoms with Gasteiger partial charge in [-0.05, 0) is 79.3 Å². The lowest BCUT2D eigenvalue weighted by Crippen LogP contribution is -2.55. The smallest absolute Gasteiger partial charge is 0.413 e. The Balaban J connectivity index is 1.26. The van der Waals surface area contributed by atoms with Gasteiger partial charge in [-0.25, -0.2) is 19.0 Å². The van der Waals surface area contributed by atoms with Crippen molar-refractivity contribution in [2.75, 3.05) is 32.1 Å². The third-order valence-corrected chi connectivity index (χ3v) is 8.26. The molecule has 0 saturated carbocycles. The van der Waals surface area contributed by atoms with Crippen LogP contribution in [0.3, 0.4) is 0 Å². The van der Waals surface area contributed by atoms with E-state index < -0.39 is 12.2 Å². The molecule has 42 heavy (non-hydrogen) atoms. The first-order valence-corrected chi connectivity index (χ1v) is 14.2. The number of piperidine rings is 1. The molecule has 3 aliphatic rings. The number of carbonyl (C=O) groups excluding carboxylic acids is 2. The zero-order valence-corrected chi connectivity index (χ0v) is 23.6. The summed E-state index contributed by atoms with van der Waals surface area (Å²) in [6, 6.07) is 9.61. The highest BCUT2D eigenvalue weighted by Gasteiger charge is 2.38. The monoisotopic (exact) mass is 575 g/mol. The van der Waals surface area contributed by atoms with Gasteiger partial charge >= 0.3 is 12.1 Å². The number of aromatic amines is 1. The first-order chi connectivity index (χ1) is 20.3. The molecule has 0 bridgehead atoms. The second kappa shape index (κ2) is 11.5. The standard InChI is InChI=1S/C31H34FN5O5/c1-18-13-21(20-5-8-25-26(15-20)34-29(33-25)35-30(39)41-2)14-22-17-36(11-12-42-28(18)22)31(40)37-10-9-24(38)16-27(37)19-3-6-23(32)7-4-19/h3,5-8,13-15,19,24,27,38H,4,9-12,16-17H2,1-2H3,(H2,33,34,35,39)/t19?,24-,27+/m0/s1. The van der Waals surface area contributed by atoms with E-state index >= 15 is 0 Å². The van der Waals surface area contributed by atoms with E-state index in [1.165, 1.54) is 13.2 Å². The maximum absolute atomic E-state index is 14.0. The third kappa shape index (κ3) is 5.56. The largest absolute Gasteiger partial charge is 0.491 e. The molecule has 3 aromatic rings. The number of aliphatic hydroxyl groups excluding tert-OH is 1. The number of fused-ring (bicyclic) bond motifs is 2. The van der Waals surface area contributed by atoms with E-state index in [0.29, 0.717) is 57.0 Å². The number of aliphatic hydroxyl groups is 1. The zero-order valence-electron chi connectivity index (χ0n) is 23.6. The lowest BCUT2D eigenvalue weighted by molar-refractivity contribution is 0.0325. The predicted molar refractivity (Wildman–Crippen MR) is 156 cm³/mol. The number of methoxy groups -OCH3 is 1. The van der Waals surface area contributed by atoms with Crippen LogP contribution in [-0.2, 0) is 11.3 Å². The molecular weight excluding hydrogens is 541 g/mol. The molecule has 1 aliphatic carbocycles. The van der Waals surface area contributed by atoms with Crippen LogP contribution >= 0.6 is 0 Å². The maximum Gasteiger partial charge on any atom is 0.413 e. The first-order valence-electron chi connectivity index (χ1n) is 14.2. The van der Waals surface area contributed by atoms with Crippen molar-refractivity contribution in [2.24, 2.45) is 5.92 Å². The van der Waals surface area contributed by atoms with Gasteiger partial charge in [-0.15, -0.1) is 0 Å². The van der Waals surface area contributed by atoms with Crippen molar-refractivity contribution in [3.8, 4) is 16.9 Å². The number of amides is 3. The minimum atomic E-state index is -0.609.